The number of nitrogens with one attached hydrogen (secondary N) is 1. The molecule has 4 heterocycles. The molecule has 0 aromatic carbocycles. The number of piperidine rings is 1. The van der Waals surface area contributed by atoms with Crippen LogP contribution in [0.3, 0.4) is 0 Å². The molecule has 5 rings (SSSR count). The standard InChI is InChI=1S/C18H27N3O.C13H19N3O2.H2/c1-18(2,3)14-6-9-19-16(12-14)20-15-7-10-21(11-8-15)17(22)13-4-5-13;1-4-9(2)12-5-13(15-8-14-12)18-11-6-16(7-11)10(3)17;/h6,9,12-13,15H,4-5,7-8,10-11H2,1-3H3,(H,19,20);5,8-9,11H,4,6-7H2,1-3H3;1H. The van der Waals surface area contributed by atoms with E-state index in [0.29, 0.717) is 42.8 Å². The van der Waals surface area contributed by atoms with Gasteiger partial charge in [-0.05, 0) is 61.1 Å². The summed E-state index contributed by atoms with van der Waals surface area (Å²) in [4.78, 5) is 39.7. The molecule has 9 heteroatoms. The smallest absolute Gasteiger partial charge is 0.225 e. The molecule has 2 aromatic rings. The SMILES string of the molecule is CC(C)(C)c1ccnc(NC2CCN(C(=O)C3CC3)CC2)c1.CCC(C)c1cc(OC2CN(C(C)=O)C2)ncn1.[HH]. The Labute approximate surface area is 240 Å². The van der Waals surface area contributed by atoms with Gasteiger partial charge in [-0.1, -0.05) is 34.6 Å². The van der Waals surface area contributed by atoms with Crippen molar-refractivity contribution in [3.63, 3.8) is 0 Å². The Morgan fingerprint density at radius 1 is 1.07 bits per heavy atom. The lowest BCUT2D eigenvalue weighted by Crippen LogP contribution is -2.55. The molecule has 1 atom stereocenters. The number of nitrogens with zero attached hydrogens (tertiary/aromatic N) is 5. The van der Waals surface area contributed by atoms with Crippen molar-refractivity contribution < 1.29 is 15.8 Å². The first-order valence-corrected chi connectivity index (χ1v) is 14.8. The van der Waals surface area contributed by atoms with E-state index in [1.165, 1.54) is 11.9 Å². The Morgan fingerprint density at radius 3 is 2.38 bits per heavy atom. The Morgan fingerprint density at radius 2 is 1.77 bits per heavy atom. The number of carbonyl (C=O) groups excluding carboxylic acids is 2. The van der Waals surface area contributed by atoms with Crippen LogP contribution in [0.25, 0.3) is 0 Å². The number of anilines is 1. The lowest BCUT2D eigenvalue weighted by Gasteiger charge is -2.37. The third-order valence-electron chi connectivity index (χ3n) is 8.07. The monoisotopic (exact) mass is 552 g/mol. The van der Waals surface area contributed by atoms with Crippen LogP contribution in [0.2, 0.25) is 0 Å². The van der Waals surface area contributed by atoms with Crippen molar-refractivity contribution in [3.8, 4) is 5.88 Å². The largest absolute Gasteiger partial charge is 0.470 e. The minimum atomic E-state index is 0. The summed E-state index contributed by atoms with van der Waals surface area (Å²) in [6.07, 6.45) is 8.75. The third-order valence-corrected chi connectivity index (χ3v) is 8.07. The molecule has 9 nitrogen and oxygen atoms in total. The highest BCUT2D eigenvalue weighted by Gasteiger charge is 2.35. The maximum absolute atomic E-state index is 12.1. The molecule has 0 radical (unpaired) electrons. The van der Waals surface area contributed by atoms with E-state index in [0.717, 1.165) is 56.7 Å². The van der Waals surface area contributed by atoms with Crippen LogP contribution in [0.1, 0.15) is 92.2 Å². The lowest BCUT2D eigenvalue weighted by molar-refractivity contribution is -0.137. The molecule has 0 spiro atoms. The molecular weight excluding hydrogens is 504 g/mol. The molecule has 0 bridgehead atoms. The Hall–Kier alpha value is -3.23. The zero-order valence-electron chi connectivity index (χ0n) is 25.0. The summed E-state index contributed by atoms with van der Waals surface area (Å²) in [5, 5.41) is 3.55. The minimum absolute atomic E-state index is 0. The minimum Gasteiger partial charge on any atom is -0.470 e. The van der Waals surface area contributed by atoms with E-state index in [-0.39, 0.29) is 18.9 Å². The maximum Gasteiger partial charge on any atom is 0.225 e. The summed E-state index contributed by atoms with van der Waals surface area (Å²) < 4.78 is 5.72. The molecule has 40 heavy (non-hydrogen) atoms. The fourth-order valence-corrected chi connectivity index (χ4v) is 4.85. The van der Waals surface area contributed by atoms with Crippen molar-refractivity contribution in [2.45, 2.75) is 97.1 Å². The summed E-state index contributed by atoms with van der Waals surface area (Å²) >= 11 is 0. The average molecular weight is 553 g/mol. The number of hydrogen-bond acceptors (Lipinski definition) is 7. The van der Waals surface area contributed by atoms with E-state index in [4.69, 9.17) is 4.74 Å². The van der Waals surface area contributed by atoms with Crippen molar-refractivity contribution >= 4 is 17.6 Å². The lowest BCUT2D eigenvalue weighted by atomic mass is 9.88. The molecule has 1 saturated carbocycles. The van der Waals surface area contributed by atoms with E-state index in [1.807, 2.05) is 12.3 Å². The van der Waals surface area contributed by atoms with Gasteiger partial charge in [0.2, 0.25) is 17.7 Å². The zero-order valence-corrected chi connectivity index (χ0v) is 25.0. The van der Waals surface area contributed by atoms with Gasteiger partial charge in [0.25, 0.3) is 0 Å². The van der Waals surface area contributed by atoms with Crippen molar-refractivity contribution in [2.75, 3.05) is 31.5 Å². The second-order valence-corrected chi connectivity index (χ2v) is 12.5. The van der Waals surface area contributed by atoms with Crippen molar-refractivity contribution in [1.29, 1.82) is 0 Å². The third kappa shape index (κ3) is 8.15. The van der Waals surface area contributed by atoms with Gasteiger partial charge in [0, 0.05) is 45.7 Å². The molecule has 2 saturated heterocycles. The van der Waals surface area contributed by atoms with Gasteiger partial charge < -0.3 is 19.9 Å². The van der Waals surface area contributed by atoms with Gasteiger partial charge in [0.05, 0.1) is 18.8 Å². The summed E-state index contributed by atoms with van der Waals surface area (Å²) in [6.45, 7) is 15.5. The molecule has 2 amide bonds. The van der Waals surface area contributed by atoms with Crippen LogP contribution in [0, 0.1) is 5.92 Å². The van der Waals surface area contributed by atoms with Gasteiger partial charge >= 0.3 is 0 Å². The first-order valence-electron chi connectivity index (χ1n) is 14.8. The molecule has 3 aliphatic rings. The van der Waals surface area contributed by atoms with Crippen LogP contribution in [0.15, 0.2) is 30.7 Å². The van der Waals surface area contributed by atoms with E-state index < -0.39 is 0 Å². The first-order chi connectivity index (χ1) is 19.0. The van der Waals surface area contributed by atoms with Crippen LogP contribution in [0.4, 0.5) is 5.82 Å². The highest BCUT2D eigenvalue weighted by atomic mass is 16.5. The molecule has 2 aliphatic heterocycles. The number of pyridine rings is 1. The molecule has 1 unspecified atom stereocenters. The van der Waals surface area contributed by atoms with Crippen LogP contribution < -0.4 is 10.1 Å². The van der Waals surface area contributed by atoms with Gasteiger partial charge in [0.15, 0.2) is 0 Å². The molecule has 220 valence electrons. The van der Waals surface area contributed by atoms with Crippen molar-refractivity contribution in [2.24, 2.45) is 5.92 Å². The summed E-state index contributed by atoms with van der Waals surface area (Å²) in [5.74, 6) is 2.79. The second-order valence-electron chi connectivity index (χ2n) is 12.5. The normalized spacial score (nSPS) is 18.8. The van der Waals surface area contributed by atoms with E-state index in [2.05, 4.69) is 71.9 Å². The quantitative estimate of drug-likeness (QED) is 0.514. The fourth-order valence-electron chi connectivity index (χ4n) is 4.85. The van der Waals surface area contributed by atoms with E-state index in [9.17, 15) is 9.59 Å². The number of aromatic nitrogens is 3. The van der Waals surface area contributed by atoms with Gasteiger partial charge in [-0.15, -0.1) is 0 Å². The number of rotatable bonds is 7. The van der Waals surface area contributed by atoms with Gasteiger partial charge in [0.1, 0.15) is 18.2 Å². The zero-order chi connectivity index (χ0) is 28.9. The Balaban J connectivity index is 0.000000225. The van der Waals surface area contributed by atoms with Gasteiger partial charge in [-0.25, -0.2) is 15.0 Å². The van der Waals surface area contributed by atoms with Crippen LogP contribution in [0.5, 0.6) is 5.88 Å². The van der Waals surface area contributed by atoms with Crippen LogP contribution in [-0.4, -0.2) is 74.9 Å². The second kappa shape index (κ2) is 13.0. The highest BCUT2D eigenvalue weighted by Crippen LogP contribution is 2.32. The van der Waals surface area contributed by atoms with Gasteiger partial charge in [-0.3, -0.25) is 9.59 Å². The van der Waals surface area contributed by atoms with Crippen molar-refractivity contribution in [1.82, 2.24) is 24.8 Å². The molecule has 3 fully saturated rings. The number of amides is 2. The topological polar surface area (TPSA) is 101 Å². The predicted molar refractivity (Wildman–Crippen MR) is 158 cm³/mol. The summed E-state index contributed by atoms with van der Waals surface area (Å²) in [7, 11) is 0. The number of likely N-dealkylation sites (tertiary alicyclic amines) is 2. The molecule has 1 aliphatic carbocycles. The number of carbonyl (C=O) groups is 2. The Kier molecular flexibility index (Phi) is 9.64. The first kappa shape index (κ1) is 29.7. The average Bonchev–Trinajstić information content (AvgIpc) is 3.76. The Bertz CT molecular complexity index is 1150. The summed E-state index contributed by atoms with van der Waals surface area (Å²) in [6, 6.07) is 6.56. The molecular formula is C31H48N6O3. The maximum atomic E-state index is 12.1. The highest BCUT2D eigenvalue weighted by molar-refractivity contribution is 5.81. The predicted octanol–water partition coefficient (Wildman–Crippen LogP) is 5.04. The number of hydrogen-bond donors (Lipinski definition) is 1. The van der Waals surface area contributed by atoms with Crippen LogP contribution >= 0.6 is 0 Å². The van der Waals surface area contributed by atoms with E-state index in [1.54, 1.807) is 11.8 Å². The number of ether oxygens (including phenoxy) is 1. The fraction of sp³-hybridized carbons (Fsp3) is 0.645. The molecule has 2 aromatic heterocycles. The van der Waals surface area contributed by atoms with Gasteiger partial charge in [-0.2, -0.15) is 0 Å². The van der Waals surface area contributed by atoms with Crippen molar-refractivity contribution in [3.05, 3.63) is 42.0 Å². The van der Waals surface area contributed by atoms with Crippen LogP contribution in [-0.2, 0) is 15.0 Å². The van der Waals surface area contributed by atoms with E-state index >= 15 is 0 Å². The molecule has 1 N–H and O–H groups in total. The summed E-state index contributed by atoms with van der Waals surface area (Å²) in [5.41, 5.74) is 2.44.